The fourth-order valence-corrected chi connectivity index (χ4v) is 4.20. The third-order valence-corrected chi connectivity index (χ3v) is 6.12. The van der Waals surface area contributed by atoms with Crippen LogP contribution in [0.1, 0.15) is 86.0 Å². The van der Waals surface area contributed by atoms with Crippen LogP contribution < -0.4 is 0 Å². The molecule has 0 heterocycles. The van der Waals surface area contributed by atoms with E-state index >= 15 is 0 Å². The maximum Gasteiger partial charge on any atom is 0.303 e. The van der Waals surface area contributed by atoms with Gasteiger partial charge >= 0.3 is 11.9 Å². The number of hydrogen-bond donors (Lipinski definition) is 1. The molecule has 0 spiro atoms. The summed E-state index contributed by atoms with van der Waals surface area (Å²) >= 11 is 0. The van der Waals surface area contributed by atoms with Gasteiger partial charge in [-0.15, -0.1) is 0 Å². The number of ether oxygens (including phenoxy) is 1. The maximum absolute atomic E-state index is 12.5. The quantitative estimate of drug-likeness (QED) is 0.234. The smallest absolute Gasteiger partial charge is 0.303 e. The van der Waals surface area contributed by atoms with Gasteiger partial charge < -0.3 is 9.84 Å². The van der Waals surface area contributed by atoms with Gasteiger partial charge in [-0.3, -0.25) is 14.4 Å². The molecule has 0 aromatic carbocycles. The molecule has 1 N–H and O–H groups in total. The van der Waals surface area contributed by atoms with E-state index in [1.165, 1.54) is 6.92 Å². The van der Waals surface area contributed by atoms with Crippen molar-refractivity contribution in [1.29, 1.82) is 0 Å². The van der Waals surface area contributed by atoms with Gasteiger partial charge in [-0.1, -0.05) is 58.8 Å². The van der Waals surface area contributed by atoms with Crippen molar-refractivity contribution in [2.24, 2.45) is 23.2 Å². The number of Topliss-reactive ketones (excluding diaryl/α,β-unsaturated/α-hetero) is 1. The molecule has 1 rings (SSSR count). The van der Waals surface area contributed by atoms with Crippen molar-refractivity contribution in [1.82, 2.24) is 0 Å². The maximum atomic E-state index is 12.5. The molecule has 1 aliphatic rings. The van der Waals surface area contributed by atoms with Crippen molar-refractivity contribution in [3.05, 3.63) is 24.3 Å². The lowest BCUT2D eigenvalue weighted by Crippen LogP contribution is -2.32. The predicted octanol–water partition coefficient (Wildman–Crippen LogP) is 5.73. The normalized spacial score (nSPS) is 23.4. The molecule has 5 heteroatoms. The zero-order valence-corrected chi connectivity index (χ0v) is 19.4. The minimum Gasteiger partial charge on any atom is -0.481 e. The third kappa shape index (κ3) is 8.85. The van der Waals surface area contributed by atoms with Crippen LogP contribution in [0, 0.1) is 23.2 Å². The summed E-state index contributed by atoms with van der Waals surface area (Å²) in [7, 11) is 0. The van der Waals surface area contributed by atoms with E-state index in [9.17, 15) is 14.4 Å². The topological polar surface area (TPSA) is 80.7 Å². The number of rotatable bonds is 13. The zero-order chi connectivity index (χ0) is 22.7. The van der Waals surface area contributed by atoms with Crippen molar-refractivity contribution in [3.63, 3.8) is 0 Å². The Morgan fingerprint density at radius 3 is 2.57 bits per heavy atom. The fraction of sp³-hybridized carbons (Fsp3) is 0.720. The minimum absolute atomic E-state index is 0.0660. The number of aliphatic carboxylic acids is 1. The highest BCUT2D eigenvalue weighted by Gasteiger charge is 2.38. The van der Waals surface area contributed by atoms with Gasteiger partial charge in [0.05, 0.1) is 0 Å². The second kappa shape index (κ2) is 12.7. The molecule has 0 bridgehead atoms. The van der Waals surface area contributed by atoms with E-state index in [4.69, 9.17) is 9.84 Å². The van der Waals surface area contributed by atoms with Crippen LogP contribution in [0.5, 0.6) is 0 Å². The first-order chi connectivity index (χ1) is 14.1. The molecule has 0 aliphatic heterocycles. The van der Waals surface area contributed by atoms with E-state index in [0.29, 0.717) is 25.7 Å². The third-order valence-electron chi connectivity index (χ3n) is 6.12. The number of esters is 1. The molecule has 0 amide bonds. The Balaban J connectivity index is 2.83. The van der Waals surface area contributed by atoms with E-state index < -0.39 is 5.97 Å². The number of carboxylic acid groups (broad SMARTS) is 1. The summed E-state index contributed by atoms with van der Waals surface area (Å²) < 4.78 is 5.64. The van der Waals surface area contributed by atoms with Gasteiger partial charge in [-0.2, -0.15) is 0 Å². The number of ketones is 1. The Morgan fingerprint density at radius 2 is 1.97 bits per heavy atom. The van der Waals surface area contributed by atoms with Crippen LogP contribution in [0.4, 0.5) is 0 Å². The summed E-state index contributed by atoms with van der Waals surface area (Å²) in [5.74, 6) is -0.467. The number of allylic oxidation sites excluding steroid dienone is 3. The first kappa shape index (κ1) is 26.1. The van der Waals surface area contributed by atoms with Crippen LogP contribution in [-0.4, -0.2) is 28.9 Å². The lowest BCUT2D eigenvalue weighted by molar-refractivity contribution is -0.149. The summed E-state index contributed by atoms with van der Waals surface area (Å²) in [4.78, 5) is 34.8. The largest absolute Gasteiger partial charge is 0.481 e. The molecule has 0 aromatic heterocycles. The molecule has 4 atom stereocenters. The Bertz CT molecular complexity index is 631. The van der Waals surface area contributed by atoms with E-state index in [2.05, 4.69) is 33.8 Å². The van der Waals surface area contributed by atoms with Crippen LogP contribution in [0.25, 0.3) is 0 Å². The minimum atomic E-state index is -0.780. The molecule has 0 radical (unpaired) electrons. The van der Waals surface area contributed by atoms with Crippen molar-refractivity contribution in [2.75, 3.05) is 0 Å². The number of unbranched alkanes of at least 4 members (excludes halogenated alkanes) is 2. The zero-order valence-electron chi connectivity index (χ0n) is 19.4. The Hall–Kier alpha value is -1.91. The highest BCUT2D eigenvalue weighted by molar-refractivity contribution is 5.84. The molecule has 30 heavy (non-hydrogen) atoms. The highest BCUT2D eigenvalue weighted by Crippen LogP contribution is 2.39. The monoisotopic (exact) mass is 420 g/mol. The first-order valence-corrected chi connectivity index (χ1v) is 11.3. The van der Waals surface area contributed by atoms with Gasteiger partial charge in [0.15, 0.2) is 0 Å². The van der Waals surface area contributed by atoms with Crippen molar-refractivity contribution >= 4 is 17.7 Å². The Morgan fingerprint density at radius 1 is 1.27 bits per heavy atom. The van der Waals surface area contributed by atoms with E-state index in [1.54, 1.807) is 0 Å². The lowest BCUT2D eigenvalue weighted by atomic mass is 9.79. The van der Waals surface area contributed by atoms with E-state index in [0.717, 1.165) is 19.3 Å². The fourth-order valence-electron chi connectivity index (χ4n) is 4.20. The van der Waals surface area contributed by atoms with Crippen molar-refractivity contribution in [3.8, 4) is 0 Å². The van der Waals surface area contributed by atoms with Gasteiger partial charge in [-0.25, -0.2) is 0 Å². The van der Waals surface area contributed by atoms with Gasteiger partial charge in [-0.05, 0) is 43.6 Å². The second-order valence-electron chi connectivity index (χ2n) is 9.33. The Labute approximate surface area is 182 Å². The molecule has 0 saturated heterocycles. The average Bonchev–Trinajstić information content (AvgIpc) is 2.92. The molecule has 1 fully saturated rings. The molecule has 1 unspecified atom stereocenters. The summed E-state index contributed by atoms with van der Waals surface area (Å²) in [6.45, 7) is 9.95. The van der Waals surface area contributed by atoms with Crippen LogP contribution in [0.15, 0.2) is 24.3 Å². The molecule has 1 aliphatic carbocycles. The number of carbonyl (C=O) groups is 3. The van der Waals surface area contributed by atoms with E-state index in [-0.39, 0.29) is 47.4 Å². The Kier molecular flexibility index (Phi) is 11.1. The summed E-state index contributed by atoms with van der Waals surface area (Å²) in [6, 6.07) is 0. The summed E-state index contributed by atoms with van der Waals surface area (Å²) in [5, 5.41) is 8.70. The van der Waals surface area contributed by atoms with Crippen LogP contribution in [-0.2, 0) is 19.1 Å². The molecule has 0 aromatic rings. The van der Waals surface area contributed by atoms with Gasteiger partial charge in [0.1, 0.15) is 11.9 Å². The SMILES string of the molecule is CCCCC(C)(C)C(/C=C/[C@H]1[C@H](C)CC(=O)[C@@H]1CC=CCCCC(=O)O)OC(C)=O. The predicted molar refractivity (Wildman–Crippen MR) is 119 cm³/mol. The van der Waals surface area contributed by atoms with Crippen molar-refractivity contribution in [2.45, 2.75) is 92.1 Å². The van der Waals surface area contributed by atoms with Gasteiger partial charge in [0, 0.05) is 31.1 Å². The van der Waals surface area contributed by atoms with Crippen LogP contribution in [0.2, 0.25) is 0 Å². The first-order valence-electron chi connectivity index (χ1n) is 11.3. The van der Waals surface area contributed by atoms with Crippen LogP contribution >= 0.6 is 0 Å². The number of carbonyl (C=O) groups excluding carboxylic acids is 2. The molecular weight excluding hydrogens is 380 g/mol. The second-order valence-corrected chi connectivity index (χ2v) is 9.33. The molecular formula is C25H40O5. The highest BCUT2D eigenvalue weighted by atomic mass is 16.5. The summed E-state index contributed by atoms with van der Waals surface area (Å²) in [5.41, 5.74) is -0.163. The lowest BCUT2D eigenvalue weighted by Gasteiger charge is -2.32. The number of carboxylic acids is 1. The van der Waals surface area contributed by atoms with Crippen molar-refractivity contribution < 1.29 is 24.2 Å². The summed E-state index contributed by atoms with van der Waals surface area (Å²) in [6.07, 6.45) is 13.6. The van der Waals surface area contributed by atoms with Gasteiger partial charge in [0.2, 0.25) is 0 Å². The molecule has 1 saturated carbocycles. The van der Waals surface area contributed by atoms with Gasteiger partial charge in [0.25, 0.3) is 0 Å². The average molecular weight is 421 g/mol. The molecule has 5 nitrogen and oxygen atoms in total. The van der Waals surface area contributed by atoms with E-state index in [1.807, 2.05) is 18.2 Å². The van der Waals surface area contributed by atoms with Crippen LogP contribution in [0.3, 0.4) is 0 Å². The standard InChI is InChI=1S/C25H40O5/c1-6-7-16-25(4,5)23(30-19(3)26)15-14-20-18(2)17-22(27)21(20)12-10-8-9-11-13-24(28)29/h8,10,14-15,18,20-21,23H,6-7,9,11-13,16-17H2,1-5H3,(H,28,29)/b10-8?,15-14+/t18-,20+,21-,23?/m1/s1. The number of hydrogen-bond acceptors (Lipinski definition) is 4. The molecule has 170 valence electrons.